The van der Waals surface area contributed by atoms with E-state index in [4.69, 9.17) is 23.2 Å². The topological polar surface area (TPSA) is 25.8 Å². The SMILES string of the molecule is Cc1c(Cl)nc(I)nc1Cl. The molecular formula is C5H3Cl2IN2. The maximum Gasteiger partial charge on any atom is 0.193 e. The molecule has 0 saturated carbocycles. The molecule has 0 aliphatic rings. The molecule has 1 heterocycles. The molecule has 0 unspecified atom stereocenters. The first kappa shape index (κ1) is 8.49. The van der Waals surface area contributed by atoms with Crippen LogP contribution in [0.2, 0.25) is 10.3 Å². The summed E-state index contributed by atoms with van der Waals surface area (Å²) >= 11 is 13.3. The standard InChI is InChI=1S/C5H3Cl2IN2/c1-2-3(6)9-5(8)10-4(2)7/h1H3. The van der Waals surface area contributed by atoms with E-state index < -0.39 is 0 Å². The van der Waals surface area contributed by atoms with E-state index >= 15 is 0 Å². The van der Waals surface area contributed by atoms with Crippen molar-refractivity contribution in [3.63, 3.8) is 0 Å². The van der Waals surface area contributed by atoms with Gasteiger partial charge in [0.2, 0.25) is 0 Å². The zero-order chi connectivity index (χ0) is 7.72. The van der Waals surface area contributed by atoms with E-state index in [1.165, 1.54) is 0 Å². The quantitative estimate of drug-likeness (QED) is 0.417. The van der Waals surface area contributed by atoms with Gasteiger partial charge in [0.15, 0.2) is 3.83 Å². The molecule has 2 nitrogen and oxygen atoms in total. The smallest absolute Gasteiger partial charge is 0.193 e. The van der Waals surface area contributed by atoms with Gasteiger partial charge < -0.3 is 0 Å². The van der Waals surface area contributed by atoms with Gasteiger partial charge in [0.25, 0.3) is 0 Å². The molecule has 54 valence electrons. The normalized spacial score (nSPS) is 10.0. The predicted octanol–water partition coefficient (Wildman–Crippen LogP) is 2.70. The molecule has 0 aliphatic heterocycles. The Labute approximate surface area is 82.1 Å². The van der Waals surface area contributed by atoms with Crippen molar-refractivity contribution in [2.24, 2.45) is 0 Å². The molecule has 0 N–H and O–H groups in total. The number of nitrogens with zero attached hydrogens (tertiary/aromatic N) is 2. The van der Waals surface area contributed by atoms with E-state index in [9.17, 15) is 0 Å². The largest absolute Gasteiger partial charge is 0.211 e. The molecule has 1 aromatic heterocycles. The van der Waals surface area contributed by atoms with Crippen LogP contribution in [-0.4, -0.2) is 9.97 Å². The highest BCUT2D eigenvalue weighted by Gasteiger charge is 2.03. The summed E-state index contributed by atoms with van der Waals surface area (Å²) in [4.78, 5) is 7.78. The fourth-order valence-corrected chi connectivity index (χ4v) is 1.59. The van der Waals surface area contributed by atoms with Gasteiger partial charge in [0.1, 0.15) is 10.3 Å². The lowest BCUT2D eigenvalue weighted by Gasteiger charge is -1.97. The van der Waals surface area contributed by atoms with Crippen LogP contribution >= 0.6 is 45.8 Å². The van der Waals surface area contributed by atoms with E-state index in [0.29, 0.717) is 14.1 Å². The van der Waals surface area contributed by atoms with Gasteiger partial charge in [0, 0.05) is 28.2 Å². The Kier molecular flexibility index (Phi) is 2.71. The number of aromatic nitrogens is 2. The minimum Gasteiger partial charge on any atom is -0.211 e. The number of hydrogen-bond acceptors (Lipinski definition) is 2. The van der Waals surface area contributed by atoms with Crippen molar-refractivity contribution in [3.8, 4) is 0 Å². The van der Waals surface area contributed by atoms with Gasteiger partial charge in [-0.25, -0.2) is 9.97 Å². The van der Waals surface area contributed by atoms with Crippen LogP contribution in [0.1, 0.15) is 5.56 Å². The Balaban J connectivity index is 3.31. The van der Waals surface area contributed by atoms with Crippen LogP contribution in [0.15, 0.2) is 0 Å². The second-order valence-electron chi connectivity index (χ2n) is 1.70. The van der Waals surface area contributed by atoms with Crippen LogP contribution in [0.5, 0.6) is 0 Å². The van der Waals surface area contributed by atoms with Crippen LogP contribution in [-0.2, 0) is 0 Å². The first-order valence-corrected chi connectivity index (χ1v) is 4.30. The Bertz CT molecular complexity index is 241. The molecule has 0 bridgehead atoms. The summed E-state index contributed by atoms with van der Waals surface area (Å²) in [5.74, 6) is 0. The highest BCUT2D eigenvalue weighted by molar-refractivity contribution is 14.1. The van der Waals surface area contributed by atoms with E-state index in [2.05, 4.69) is 9.97 Å². The molecule has 10 heavy (non-hydrogen) atoms. The van der Waals surface area contributed by atoms with Gasteiger partial charge in [-0.15, -0.1) is 0 Å². The van der Waals surface area contributed by atoms with E-state index in [0.717, 1.165) is 5.56 Å². The lowest BCUT2D eigenvalue weighted by molar-refractivity contribution is 1.08. The summed E-state index contributed by atoms with van der Waals surface area (Å²) in [6.07, 6.45) is 0. The molecule has 0 atom stereocenters. The van der Waals surface area contributed by atoms with Crippen LogP contribution < -0.4 is 0 Å². The number of halogens is 3. The minimum absolute atomic E-state index is 0.421. The van der Waals surface area contributed by atoms with Gasteiger partial charge in [0.05, 0.1) is 0 Å². The van der Waals surface area contributed by atoms with Gasteiger partial charge in [-0.1, -0.05) is 23.2 Å². The average molecular weight is 289 g/mol. The summed E-state index contributed by atoms with van der Waals surface area (Å²) in [7, 11) is 0. The van der Waals surface area contributed by atoms with Crippen LogP contribution in [0.3, 0.4) is 0 Å². The van der Waals surface area contributed by atoms with Crippen LogP contribution in [0.25, 0.3) is 0 Å². The molecule has 5 heteroatoms. The van der Waals surface area contributed by atoms with Gasteiger partial charge in [-0.2, -0.15) is 0 Å². The number of rotatable bonds is 0. The first-order valence-electron chi connectivity index (χ1n) is 2.46. The van der Waals surface area contributed by atoms with Crippen molar-refractivity contribution in [1.82, 2.24) is 9.97 Å². The molecule has 0 fully saturated rings. The number of hydrogen-bond donors (Lipinski definition) is 0. The van der Waals surface area contributed by atoms with E-state index in [1.807, 2.05) is 22.6 Å². The summed E-state index contributed by atoms with van der Waals surface area (Å²) in [5.41, 5.74) is 0.726. The van der Waals surface area contributed by atoms with Crippen molar-refractivity contribution < 1.29 is 0 Å². The predicted molar refractivity (Wildman–Crippen MR) is 49.5 cm³/mol. The van der Waals surface area contributed by atoms with Crippen LogP contribution in [0, 0.1) is 10.8 Å². The second kappa shape index (κ2) is 3.19. The van der Waals surface area contributed by atoms with E-state index in [1.54, 1.807) is 6.92 Å². The zero-order valence-corrected chi connectivity index (χ0v) is 8.70. The van der Waals surface area contributed by atoms with Crippen molar-refractivity contribution in [2.45, 2.75) is 6.92 Å². The molecular weight excluding hydrogens is 286 g/mol. The molecule has 0 aliphatic carbocycles. The molecule has 0 radical (unpaired) electrons. The first-order chi connectivity index (χ1) is 4.61. The molecule has 0 saturated heterocycles. The minimum atomic E-state index is 0.421. The van der Waals surface area contributed by atoms with Crippen molar-refractivity contribution in [3.05, 3.63) is 19.7 Å². The Morgan fingerprint density at radius 1 is 1.20 bits per heavy atom. The van der Waals surface area contributed by atoms with Gasteiger partial charge in [-0.3, -0.25) is 0 Å². The highest BCUT2D eigenvalue weighted by Crippen LogP contribution is 2.19. The van der Waals surface area contributed by atoms with E-state index in [-0.39, 0.29) is 0 Å². The zero-order valence-electron chi connectivity index (χ0n) is 5.03. The highest BCUT2D eigenvalue weighted by atomic mass is 127. The van der Waals surface area contributed by atoms with Crippen molar-refractivity contribution in [1.29, 1.82) is 0 Å². The lowest BCUT2D eigenvalue weighted by Crippen LogP contribution is -1.91. The third-order valence-corrected chi connectivity index (χ3v) is 2.22. The Morgan fingerprint density at radius 3 is 2.00 bits per heavy atom. The van der Waals surface area contributed by atoms with Gasteiger partial charge >= 0.3 is 0 Å². The summed E-state index contributed by atoms with van der Waals surface area (Å²) in [5, 5.41) is 0.841. The Morgan fingerprint density at radius 2 is 1.60 bits per heavy atom. The summed E-state index contributed by atoms with van der Waals surface area (Å²) in [6, 6.07) is 0. The van der Waals surface area contributed by atoms with Crippen molar-refractivity contribution in [2.75, 3.05) is 0 Å². The maximum atomic E-state index is 5.68. The summed E-state index contributed by atoms with van der Waals surface area (Å²) in [6.45, 7) is 1.78. The fraction of sp³-hybridized carbons (Fsp3) is 0.200. The maximum absolute atomic E-state index is 5.68. The lowest BCUT2D eigenvalue weighted by atomic mass is 10.4. The molecule has 0 aromatic carbocycles. The second-order valence-corrected chi connectivity index (χ2v) is 3.38. The molecule has 0 amide bonds. The molecule has 0 spiro atoms. The van der Waals surface area contributed by atoms with Gasteiger partial charge in [-0.05, 0) is 6.92 Å². The third-order valence-electron chi connectivity index (χ3n) is 1.000. The monoisotopic (exact) mass is 288 g/mol. The fourth-order valence-electron chi connectivity index (χ4n) is 0.440. The molecule has 1 aromatic rings. The summed E-state index contributed by atoms with van der Waals surface area (Å²) < 4.78 is 0.568. The third kappa shape index (κ3) is 1.71. The van der Waals surface area contributed by atoms with Crippen molar-refractivity contribution >= 4 is 45.8 Å². The molecule has 1 rings (SSSR count). The Hall–Kier alpha value is 0.390. The average Bonchev–Trinajstić information content (AvgIpc) is 1.82. The van der Waals surface area contributed by atoms with Crippen LogP contribution in [0.4, 0.5) is 0 Å².